The van der Waals surface area contributed by atoms with Crippen molar-refractivity contribution >= 4 is 5.97 Å². The lowest BCUT2D eigenvalue weighted by molar-refractivity contribution is -0.218. The molecule has 4 aliphatic rings. The number of hydrogen-bond donors (Lipinski definition) is 2. The summed E-state index contributed by atoms with van der Waals surface area (Å²) in [6, 6.07) is 0. The van der Waals surface area contributed by atoms with Gasteiger partial charge >= 0.3 is 5.97 Å². The Hall–Kier alpha value is -0.870. The van der Waals surface area contributed by atoms with Gasteiger partial charge in [0.05, 0.1) is 12.2 Å². The van der Waals surface area contributed by atoms with Crippen molar-refractivity contribution in [3.63, 3.8) is 0 Å². The maximum atomic E-state index is 11.7. The van der Waals surface area contributed by atoms with Gasteiger partial charge in [0, 0.05) is 17.4 Å². The van der Waals surface area contributed by atoms with Crippen molar-refractivity contribution in [3.8, 4) is 0 Å². The number of rotatable bonds is 2. The van der Waals surface area contributed by atoms with Crippen LogP contribution in [0, 0.1) is 23.7 Å². The third kappa shape index (κ3) is 1.62. The number of aliphatic hydroxyl groups excluding tert-OH is 2. The zero-order chi connectivity index (χ0) is 13.0. The topological polar surface area (TPSA) is 66.8 Å². The van der Waals surface area contributed by atoms with Gasteiger partial charge in [0.2, 0.25) is 0 Å². The highest BCUT2D eigenvalue weighted by Gasteiger charge is 2.58. The number of ether oxygens (including phenoxy) is 1. The van der Waals surface area contributed by atoms with Crippen LogP contribution in [0.25, 0.3) is 0 Å². The number of carbonyl (C=O) groups is 1. The smallest absolute Gasteiger partial charge is 0.333 e. The molecule has 0 aromatic carbocycles. The van der Waals surface area contributed by atoms with E-state index in [1.165, 1.54) is 0 Å². The summed E-state index contributed by atoms with van der Waals surface area (Å²) in [5.74, 6) is 0.197. The molecule has 18 heavy (non-hydrogen) atoms. The van der Waals surface area contributed by atoms with E-state index in [1.54, 1.807) is 6.92 Å². The quantitative estimate of drug-likeness (QED) is 0.565. The number of aliphatic hydroxyl groups is 2. The van der Waals surface area contributed by atoms with Gasteiger partial charge in [-0.2, -0.15) is 0 Å². The SMILES string of the molecule is C=C(C)C(=O)OC1C2CC3CC1C(O)C(C2)C3O. The first kappa shape index (κ1) is 12.2. The van der Waals surface area contributed by atoms with Gasteiger partial charge in [0.25, 0.3) is 0 Å². The van der Waals surface area contributed by atoms with Gasteiger partial charge in [-0.1, -0.05) is 6.58 Å². The van der Waals surface area contributed by atoms with Crippen molar-refractivity contribution in [2.75, 3.05) is 0 Å². The molecule has 0 aromatic rings. The van der Waals surface area contributed by atoms with Gasteiger partial charge in [0.15, 0.2) is 0 Å². The molecule has 4 fully saturated rings. The molecule has 4 saturated carbocycles. The lowest BCUT2D eigenvalue weighted by Crippen LogP contribution is -2.62. The van der Waals surface area contributed by atoms with E-state index in [9.17, 15) is 15.0 Å². The molecule has 4 nitrogen and oxygen atoms in total. The summed E-state index contributed by atoms with van der Waals surface area (Å²) < 4.78 is 5.51. The summed E-state index contributed by atoms with van der Waals surface area (Å²) in [7, 11) is 0. The fraction of sp³-hybridized carbons (Fsp3) is 0.786. The first-order chi connectivity index (χ1) is 8.49. The molecular formula is C14H20O4. The van der Waals surface area contributed by atoms with E-state index >= 15 is 0 Å². The van der Waals surface area contributed by atoms with E-state index < -0.39 is 6.10 Å². The second-order valence-corrected chi connectivity index (χ2v) is 6.19. The highest BCUT2D eigenvalue weighted by Crippen LogP contribution is 2.54. The van der Waals surface area contributed by atoms with E-state index in [2.05, 4.69) is 6.58 Å². The van der Waals surface area contributed by atoms with Crippen LogP contribution in [0.15, 0.2) is 12.2 Å². The maximum Gasteiger partial charge on any atom is 0.333 e. The summed E-state index contributed by atoms with van der Waals surface area (Å²) in [6.45, 7) is 5.23. The van der Waals surface area contributed by atoms with Crippen LogP contribution in [-0.4, -0.2) is 34.5 Å². The Bertz CT molecular complexity index is 391. The Balaban J connectivity index is 1.79. The Labute approximate surface area is 107 Å². The van der Waals surface area contributed by atoms with E-state index in [4.69, 9.17) is 4.74 Å². The Morgan fingerprint density at radius 2 is 1.78 bits per heavy atom. The van der Waals surface area contributed by atoms with Crippen LogP contribution in [-0.2, 0) is 9.53 Å². The number of carbonyl (C=O) groups excluding carboxylic acids is 1. The molecule has 7 unspecified atom stereocenters. The Morgan fingerprint density at radius 1 is 1.11 bits per heavy atom. The van der Waals surface area contributed by atoms with Crippen molar-refractivity contribution in [1.29, 1.82) is 0 Å². The van der Waals surface area contributed by atoms with Crippen LogP contribution in [0.4, 0.5) is 0 Å². The lowest BCUT2D eigenvalue weighted by Gasteiger charge is -2.57. The predicted molar refractivity (Wildman–Crippen MR) is 64.5 cm³/mol. The van der Waals surface area contributed by atoms with Crippen LogP contribution < -0.4 is 0 Å². The van der Waals surface area contributed by atoms with Crippen LogP contribution in [0.1, 0.15) is 26.2 Å². The minimum absolute atomic E-state index is 0.000741. The van der Waals surface area contributed by atoms with E-state index in [0.717, 1.165) is 19.3 Å². The Kier molecular flexibility index (Phi) is 2.75. The summed E-state index contributed by atoms with van der Waals surface area (Å²) in [4.78, 5) is 11.7. The molecule has 0 aromatic heterocycles. The Morgan fingerprint density at radius 3 is 2.44 bits per heavy atom. The van der Waals surface area contributed by atoms with Crippen LogP contribution in [0.3, 0.4) is 0 Å². The third-order valence-electron chi connectivity index (χ3n) is 5.03. The summed E-state index contributed by atoms with van der Waals surface area (Å²) in [5.41, 5.74) is 0.401. The minimum Gasteiger partial charge on any atom is -0.458 e. The fourth-order valence-electron chi connectivity index (χ4n) is 4.20. The van der Waals surface area contributed by atoms with Crippen molar-refractivity contribution in [3.05, 3.63) is 12.2 Å². The molecule has 4 rings (SSSR count). The first-order valence-electron chi connectivity index (χ1n) is 6.71. The third-order valence-corrected chi connectivity index (χ3v) is 5.03. The van der Waals surface area contributed by atoms with Crippen LogP contribution in [0.5, 0.6) is 0 Å². The normalized spacial score (nSPS) is 49.2. The van der Waals surface area contributed by atoms with E-state index in [1.807, 2.05) is 0 Å². The van der Waals surface area contributed by atoms with Gasteiger partial charge in [-0.15, -0.1) is 0 Å². The number of hydrogen-bond acceptors (Lipinski definition) is 4. The van der Waals surface area contributed by atoms with Gasteiger partial charge < -0.3 is 14.9 Å². The molecule has 2 N–H and O–H groups in total. The second-order valence-electron chi connectivity index (χ2n) is 6.19. The fourth-order valence-corrected chi connectivity index (χ4v) is 4.20. The lowest BCUT2D eigenvalue weighted by atomic mass is 9.52. The molecule has 0 saturated heterocycles. The van der Waals surface area contributed by atoms with Crippen molar-refractivity contribution in [1.82, 2.24) is 0 Å². The molecule has 0 heterocycles. The standard InChI is InChI=1S/C14H20O4/c1-6(2)14(17)18-13-8-3-7-4-10(13)12(16)9(5-8)11(7)15/h7-13,15-16H,1,3-5H2,2H3. The summed E-state index contributed by atoms with van der Waals surface area (Å²) >= 11 is 0. The molecule has 0 amide bonds. The average Bonchev–Trinajstić information content (AvgIpc) is 2.32. The van der Waals surface area contributed by atoms with Gasteiger partial charge in [-0.25, -0.2) is 4.79 Å². The number of esters is 1. The highest BCUT2D eigenvalue weighted by atomic mass is 16.5. The molecule has 4 bridgehead atoms. The van der Waals surface area contributed by atoms with Gasteiger partial charge in [0.1, 0.15) is 6.10 Å². The van der Waals surface area contributed by atoms with Crippen LogP contribution >= 0.6 is 0 Å². The van der Waals surface area contributed by atoms with Crippen molar-refractivity contribution < 1.29 is 19.7 Å². The van der Waals surface area contributed by atoms with Crippen molar-refractivity contribution in [2.45, 2.75) is 44.5 Å². The summed E-state index contributed by atoms with van der Waals surface area (Å²) in [5, 5.41) is 20.3. The molecule has 7 atom stereocenters. The van der Waals surface area contributed by atoms with Gasteiger partial charge in [-0.05, 0) is 38.0 Å². The highest BCUT2D eigenvalue weighted by molar-refractivity contribution is 5.87. The molecule has 4 aliphatic carbocycles. The molecule has 0 spiro atoms. The molecule has 100 valence electrons. The minimum atomic E-state index is -0.532. The monoisotopic (exact) mass is 252 g/mol. The largest absolute Gasteiger partial charge is 0.458 e. The first-order valence-corrected chi connectivity index (χ1v) is 6.71. The van der Waals surface area contributed by atoms with E-state index in [-0.39, 0.29) is 35.9 Å². The molecular weight excluding hydrogens is 232 g/mol. The van der Waals surface area contributed by atoms with Crippen LogP contribution in [0.2, 0.25) is 0 Å². The second kappa shape index (κ2) is 4.07. The predicted octanol–water partition coefficient (Wildman–Crippen LogP) is 0.872. The maximum absolute atomic E-state index is 11.7. The van der Waals surface area contributed by atoms with E-state index in [0.29, 0.717) is 11.5 Å². The zero-order valence-electron chi connectivity index (χ0n) is 10.6. The zero-order valence-corrected chi connectivity index (χ0v) is 10.6. The van der Waals surface area contributed by atoms with Gasteiger partial charge in [-0.3, -0.25) is 0 Å². The molecule has 0 aliphatic heterocycles. The summed E-state index contributed by atoms with van der Waals surface area (Å²) in [6.07, 6.45) is 1.35. The molecule has 4 heteroatoms. The van der Waals surface area contributed by atoms with Crippen molar-refractivity contribution in [2.24, 2.45) is 23.7 Å². The molecule has 0 radical (unpaired) electrons. The average molecular weight is 252 g/mol.